The molecule has 27 heavy (non-hydrogen) atoms. The fourth-order valence-corrected chi connectivity index (χ4v) is 3.59. The van der Waals surface area contributed by atoms with E-state index in [-0.39, 0.29) is 18.1 Å². The lowest BCUT2D eigenvalue weighted by Crippen LogP contribution is -2.59. The minimum Gasteiger partial charge on any atom is -0.336 e. The van der Waals surface area contributed by atoms with Gasteiger partial charge in [0.25, 0.3) is 0 Å². The summed E-state index contributed by atoms with van der Waals surface area (Å²) in [6.45, 7) is 6.44. The molecule has 0 aromatic carbocycles. The summed E-state index contributed by atoms with van der Waals surface area (Å²) in [5, 5.41) is 2.89. The van der Waals surface area contributed by atoms with Gasteiger partial charge in [-0.25, -0.2) is 4.79 Å². The van der Waals surface area contributed by atoms with Crippen LogP contribution in [0.1, 0.15) is 32.4 Å². The van der Waals surface area contributed by atoms with Crippen molar-refractivity contribution in [1.82, 2.24) is 25.0 Å². The molecule has 0 unspecified atom stereocenters. The zero-order valence-electron chi connectivity index (χ0n) is 15.9. The van der Waals surface area contributed by atoms with Gasteiger partial charge in [0.05, 0.1) is 12.2 Å². The molecule has 2 saturated heterocycles. The summed E-state index contributed by atoms with van der Waals surface area (Å²) in [7, 11) is 0. The zero-order chi connectivity index (χ0) is 19.4. The predicted molar refractivity (Wildman–Crippen MR) is 99.6 cm³/mol. The third kappa shape index (κ3) is 4.56. The van der Waals surface area contributed by atoms with E-state index >= 15 is 0 Å². The Kier molecular flexibility index (Phi) is 5.93. The van der Waals surface area contributed by atoms with E-state index in [0.717, 1.165) is 5.69 Å². The number of carbonyl (C=O) groups is 3. The highest BCUT2D eigenvalue weighted by Crippen LogP contribution is 2.20. The van der Waals surface area contributed by atoms with Crippen molar-refractivity contribution in [3.8, 4) is 0 Å². The molecule has 8 heteroatoms. The number of amides is 4. The molecule has 0 atom stereocenters. The smallest absolute Gasteiger partial charge is 0.317 e. The summed E-state index contributed by atoms with van der Waals surface area (Å²) in [6.07, 6.45) is 3.08. The van der Waals surface area contributed by atoms with Gasteiger partial charge in [-0.3, -0.25) is 14.6 Å². The number of nitrogens with one attached hydrogen (secondary N) is 1. The topological polar surface area (TPSA) is 85.8 Å². The summed E-state index contributed by atoms with van der Waals surface area (Å²) in [5.74, 6) is -0.908. The van der Waals surface area contributed by atoms with Gasteiger partial charge in [-0.05, 0) is 38.8 Å². The van der Waals surface area contributed by atoms with Crippen molar-refractivity contribution in [2.45, 2.75) is 45.3 Å². The third-order valence-corrected chi connectivity index (χ3v) is 5.03. The molecule has 0 aliphatic carbocycles. The van der Waals surface area contributed by atoms with Crippen LogP contribution in [0.2, 0.25) is 0 Å². The summed E-state index contributed by atoms with van der Waals surface area (Å²) in [6, 6.07) is 5.59. The van der Waals surface area contributed by atoms with Gasteiger partial charge in [-0.1, -0.05) is 6.07 Å². The normalized spacial score (nSPS) is 19.0. The van der Waals surface area contributed by atoms with Gasteiger partial charge in [-0.2, -0.15) is 0 Å². The molecular weight excluding hydrogens is 346 g/mol. The number of piperazine rings is 1. The van der Waals surface area contributed by atoms with E-state index in [0.29, 0.717) is 45.6 Å². The maximum absolute atomic E-state index is 12.6. The molecule has 2 aliphatic rings. The van der Waals surface area contributed by atoms with Crippen LogP contribution in [0.3, 0.4) is 0 Å². The first kappa shape index (κ1) is 19.1. The van der Waals surface area contributed by atoms with Crippen LogP contribution < -0.4 is 5.32 Å². The van der Waals surface area contributed by atoms with Crippen molar-refractivity contribution in [2.75, 3.05) is 26.2 Å². The fourth-order valence-electron chi connectivity index (χ4n) is 3.59. The van der Waals surface area contributed by atoms with Crippen LogP contribution in [-0.4, -0.2) is 75.8 Å². The van der Waals surface area contributed by atoms with Crippen molar-refractivity contribution in [1.29, 1.82) is 0 Å². The van der Waals surface area contributed by atoms with Crippen LogP contribution >= 0.6 is 0 Å². The number of aromatic nitrogens is 1. The van der Waals surface area contributed by atoms with Gasteiger partial charge < -0.3 is 20.0 Å². The van der Waals surface area contributed by atoms with Gasteiger partial charge in [-0.15, -0.1) is 0 Å². The van der Waals surface area contributed by atoms with E-state index in [2.05, 4.69) is 10.3 Å². The summed E-state index contributed by atoms with van der Waals surface area (Å²) in [4.78, 5) is 46.5. The molecule has 3 heterocycles. The molecule has 1 N–H and O–H groups in total. The largest absolute Gasteiger partial charge is 0.336 e. The lowest BCUT2D eigenvalue weighted by molar-refractivity contribution is -0.158. The number of urea groups is 1. The second-order valence-electron chi connectivity index (χ2n) is 7.37. The summed E-state index contributed by atoms with van der Waals surface area (Å²) < 4.78 is 0. The number of carbonyl (C=O) groups excluding carboxylic acids is 3. The van der Waals surface area contributed by atoms with E-state index < -0.39 is 11.8 Å². The maximum Gasteiger partial charge on any atom is 0.317 e. The van der Waals surface area contributed by atoms with E-state index in [1.807, 2.05) is 32.0 Å². The standard InChI is InChI=1S/C19H27N5O3/c1-14(2)21-19(27)22-9-6-16(7-10-22)24-12-11-23(17(25)18(24)26)13-15-5-3-4-8-20-15/h3-5,8,14,16H,6-7,9-13H2,1-2H3,(H,21,27). The van der Waals surface area contributed by atoms with E-state index in [1.54, 1.807) is 20.9 Å². The van der Waals surface area contributed by atoms with Crippen molar-refractivity contribution in [3.63, 3.8) is 0 Å². The van der Waals surface area contributed by atoms with E-state index in [4.69, 9.17) is 0 Å². The molecule has 2 aliphatic heterocycles. The third-order valence-electron chi connectivity index (χ3n) is 5.03. The van der Waals surface area contributed by atoms with Crippen LogP contribution in [0.5, 0.6) is 0 Å². The Morgan fingerprint density at radius 2 is 1.89 bits per heavy atom. The van der Waals surface area contributed by atoms with Crippen LogP contribution in [0.25, 0.3) is 0 Å². The first-order chi connectivity index (χ1) is 13.0. The van der Waals surface area contributed by atoms with E-state index in [1.165, 1.54) is 0 Å². The Morgan fingerprint density at radius 1 is 1.15 bits per heavy atom. The molecule has 8 nitrogen and oxygen atoms in total. The SMILES string of the molecule is CC(C)NC(=O)N1CCC(N2CCN(Cc3ccccn3)C(=O)C2=O)CC1. The Morgan fingerprint density at radius 3 is 2.52 bits per heavy atom. The molecule has 1 aromatic rings. The molecule has 2 fully saturated rings. The number of hydrogen-bond donors (Lipinski definition) is 1. The van der Waals surface area contributed by atoms with Crippen molar-refractivity contribution < 1.29 is 14.4 Å². The predicted octanol–water partition coefficient (Wildman–Crippen LogP) is 0.835. The van der Waals surface area contributed by atoms with Gasteiger partial charge in [0.2, 0.25) is 0 Å². The minimum atomic E-state index is -0.466. The fraction of sp³-hybridized carbons (Fsp3) is 0.579. The molecule has 4 amide bonds. The van der Waals surface area contributed by atoms with Crippen LogP contribution in [0.4, 0.5) is 4.79 Å². The Balaban J connectivity index is 1.53. The minimum absolute atomic E-state index is 0.0153. The maximum atomic E-state index is 12.6. The molecule has 146 valence electrons. The number of pyridine rings is 1. The van der Waals surface area contributed by atoms with Gasteiger partial charge in [0, 0.05) is 44.5 Å². The van der Waals surface area contributed by atoms with Crippen LogP contribution in [-0.2, 0) is 16.1 Å². The van der Waals surface area contributed by atoms with Crippen molar-refractivity contribution >= 4 is 17.8 Å². The highest BCUT2D eigenvalue weighted by atomic mass is 16.2. The van der Waals surface area contributed by atoms with Crippen molar-refractivity contribution in [2.24, 2.45) is 0 Å². The van der Waals surface area contributed by atoms with Crippen LogP contribution in [0, 0.1) is 0 Å². The van der Waals surface area contributed by atoms with E-state index in [9.17, 15) is 14.4 Å². The monoisotopic (exact) mass is 373 g/mol. The van der Waals surface area contributed by atoms with Crippen LogP contribution in [0.15, 0.2) is 24.4 Å². The number of piperidine rings is 1. The molecule has 0 saturated carbocycles. The number of hydrogen-bond acceptors (Lipinski definition) is 4. The Labute approximate surface area is 159 Å². The second kappa shape index (κ2) is 8.37. The Bertz CT molecular complexity index is 686. The number of nitrogens with zero attached hydrogens (tertiary/aromatic N) is 4. The summed E-state index contributed by atoms with van der Waals surface area (Å²) >= 11 is 0. The highest BCUT2D eigenvalue weighted by Gasteiger charge is 2.38. The molecule has 3 rings (SSSR count). The lowest BCUT2D eigenvalue weighted by Gasteiger charge is -2.42. The highest BCUT2D eigenvalue weighted by molar-refractivity contribution is 6.35. The number of likely N-dealkylation sites (tertiary alicyclic amines) is 1. The quantitative estimate of drug-likeness (QED) is 0.793. The lowest BCUT2D eigenvalue weighted by atomic mass is 10.0. The van der Waals surface area contributed by atoms with Gasteiger partial charge in [0.1, 0.15) is 0 Å². The first-order valence-corrected chi connectivity index (χ1v) is 9.51. The average molecular weight is 373 g/mol. The van der Waals surface area contributed by atoms with Gasteiger partial charge >= 0.3 is 17.8 Å². The summed E-state index contributed by atoms with van der Waals surface area (Å²) in [5.41, 5.74) is 0.775. The number of rotatable bonds is 4. The molecule has 0 bridgehead atoms. The first-order valence-electron chi connectivity index (χ1n) is 9.51. The average Bonchev–Trinajstić information content (AvgIpc) is 2.66. The van der Waals surface area contributed by atoms with Crippen molar-refractivity contribution in [3.05, 3.63) is 30.1 Å². The molecular formula is C19H27N5O3. The van der Waals surface area contributed by atoms with Gasteiger partial charge in [0.15, 0.2) is 0 Å². The zero-order valence-corrected chi connectivity index (χ0v) is 15.9. The molecule has 0 radical (unpaired) electrons. The molecule has 1 aromatic heterocycles. The molecule has 0 spiro atoms. The Hall–Kier alpha value is -2.64. The second-order valence-corrected chi connectivity index (χ2v) is 7.37.